The molecule has 1 N–H and O–H groups in total. The Bertz CT molecular complexity index is 431. The van der Waals surface area contributed by atoms with Gasteiger partial charge in [0.1, 0.15) is 5.75 Å². The van der Waals surface area contributed by atoms with E-state index in [4.69, 9.17) is 11.6 Å². The second kappa shape index (κ2) is 6.50. The highest BCUT2D eigenvalue weighted by molar-refractivity contribution is 6.30. The van der Waals surface area contributed by atoms with E-state index in [0.29, 0.717) is 23.2 Å². The molecular formula is C13H17ClF2N2O. The highest BCUT2D eigenvalue weighted by atomic mass is 35.5. The van der Waals surface area contributed by atoms with Crippen molar-refractivity contribution in [2.45, 2.75) is 25.6 Å². The average molecular weight is 291 g/mol. The molecule has 0 bridgehead atoms. The third-order valence-corrected chi connectivity index (χ3v) is 3.45. The van der Waals surface area contributed by atoms with Crippen LogP contribution in [0.2, 0.25) is 5.02 Å². The Balaban J connectivity index is 1.99. The zero-order valence-electron chi connectivity index (χ0n) is 10.7. The molecule has 2 rings (SSSR count). The maximum absolute atomic E-state index is 12.3. The van der Waals surface area contributed by atoms with E-state index >= 15 is 0 Å². The molecule has 1 fully saturated rings. The third-order valence-electron chi connectivity index (χ3n) is 3.21. The first-order valence-corrected chi connectivity index (χ1v) is 6.57. The number of halogens is 3. The van der Waals surface area contributed by atoms with Gasteiger partial charge in [-0.25, -0.2) is 0 Å². The standard InChI is InChI=1S/C13H17ClF2N2O/c1-18-5-4-11(8-18)17-7-9-6-10(14)2-3-12(9)19-13(15)16/h2-3,6,11,13,17H,4-5,7-8H2,1H3. The molecule has 0 spiro atoms. The Morgan fingerprint density at radius 1 is 1.53 bits per heavy atom. The van der Waals surface area contributed by atoms with Gasteiger partial charge >= 0.3 is 6.61 Å². The van der Waals surface area contributed by atoms with Gasteiger partial charge in [-0.05, 0) is 38.2 Å². The monoisotopic (exact) mass is 290 g/mol. The number of ether oxygens (including phenoxy) is 1. The normalized spacial score (nSPS) is 20.2. The minimum Gasteiger partial charge on any atom is -0.434 e. The molecular weight excluding hydrogens is 274 g/mol. The van der Waals surface area contributed by atoms with Crippen LogP contribution in [0.15, 0.2) is 18.2 Å². The van der Waals surface area contributed by atoms with Crippen molar-refractivity contribution in [2.24, 2.45) is 0 Å². The molecule has 19 heavy (non-hydrogen) atoms. The molecule has 0 amide bonds. The lowest BCUT2D eigenvalue weighted by Gasteiger charge is -2.15. The summed E-state index contributed by atoms with van der Waals surface area (Å²) >= 11 is 5.89. The third kappa shape index (κ3) is 4.30. The van der Waals surface area contributed by atoms with Crippen LogP contribution in [0.5, 0.6) is 5.75 Å². The maximum atomic E-state index is 12.3. The zero-order valence-corrected chi connectivity index (χ0v) is 11.5. The SMILES string of the molecule is CN1CCC(NCc2cc(Cl)ccc2OC(F)F)C1. The van der Waals surface area contributed by atoms with Gasteiger partial charge in [0, 0.05) is 29.7 Å². The molecule has 0 radical (unpaired) electrons. The van der Waals surface area contributed by atoms with Gasteiger partial charge in [-0.3, -0.25) is 0 Å². The molecule has 0 aliphatic carbocycles. The Labute approximate surface area is 116 Å². The minimum absolute atomic E-state index is 0.179. The van der Waals surface area contributed by atoms with Crippen molar-refractivity contribution in [1.82, 2.24) is 10.2 Å². The highest BCUT2D eigenvalue weighted by Gasteiger charge is 2.19. The topological polar surface area (TPSA) is 24.5 Å². The first-order chi connectivity index (χ1) is 9.04. The summed E-state index contributed by atoms with van der Waals surface area (Å²) in [5.41, 5.74) is 0.655. The molecule has 1 aliphatic rings. The molecule has 1 aliphatic heterocycles. The van der Waals surface area contributed by atoms with Crippen LogP contribution in [-0.2, 0) is 6.54 Å². The molecule has 1 heterocycles. The molecule has 1 aromatic carbocycles. The van der Waals surface area contributed by atoms with Crippen molar-refractivity contribution in [3.8, 4) is 5.75 Å². The van der Waals surface area contributed by atoms with Gasteiger partial charge in [0.15, 0.2) is 0 Å². The smallest absolute Gasteiger partial charge is 0.387 e. The van der Waals surface area contributed by atoms with Gasteiger partial charge in [-0.1, -0.05) is 11.6 Å². The van der Waals surface area contributed by atoms with Crippen molar-refractivity contribution >= 4 is 11.6 Å². The Morgan fingerprint density at radius 3 is 2.95 bits per heavy atom. The molecule has 3 nitrogen and oxygen atoms in total. The van der Waals surface area contributed by atoms with E-state index < -0.39 is 6.61 Å². The van der Waals surface area contributed by atoms with E-state index in [1.807, 2.05) is 0 Å². The number of likely N-dealkylation sites (N-methyl/N-ethyl adjacent to an activating group) is 1. The van der Waals surface area contributed by atoms with Crippen molar-refractivity contribution < 1.29 is 13.5 Å². The highest BCUT2D eigenvalue weighted by Crippen LogP contribution is 2.24. The fourth-order valence-corrected chi connectivity index (χ4v) is 2.45. The average Bonchev–Trinajstić information content (AvgIpc) is 2.75. The second-order valence-electron chi connectivity index (χ2n) is 4.76. The molecule has 6 heteroatoms. The van der Waals surface area contributed by atoms with Gasteiger partial charge in [-0.2, -0.15) is 8.78 Å². The van der Waals surface area contributed by atoms with Crippen LogP contribution in [0.25, 0.3) is 0 Å². The lowest BCUT2D eigenvalue weighted by Crippen LogP contribution is -2.31. The van der Waals surface area contributed by atoms with Crippen molar-refractivity contribution in [1.29, 1.82) is 0 Å². The Morgan fingerprint density at radius 2 is 2.32 bits per heavy atom. The summed E-state index contributed by atoms with van der Waals surface area (Å²) in [7, 11) is 2.06. The summed E-state index contributed by atoms with van der Waals surface area (Å²) in [6.45, 7) is -0.335. The number of hydrogen-bond acceptors (Lipinski definition) is 3. The number of rotatable bonds is 5. The molecule has 106 valence electrons. The van der Waals surface area contributed by atoms with Gasteiger partial charge in [0.05, 0.1) is 0 Å². The summed E-state index contributed by atoms with van der Waals surface area (Å²) in [5.74, 6) is 0.179. The van der Waals surface area contributed by atoms with E-state index in [2.05, 4.69) is 22.0 Å². The molecule has 0 aromatic heterocycles. The largest absolute Gasteiger partial charge is 0.434 e. The van der Waals surface area contributed by atoms with Crippen LogP contribution in [0.1, 0.15) is 12.0 Å². The molecule has 0 saturated carbocycles. The lowest BCUT2D eigenvalue weighted by molar-refractivity contribution is -0.0505. The maximum Gasteiger partial charge on any atom is 0.387 e. The summed E-state index contributed by atoms with van der Waals surface area (Å²) in [4.78, 5) is 2.23. The summed E-state index contributed by atoms with van der Waals surface area (Å²) < 4.78 is 29.1. The number of likely N-dealkylation sites (tertiary alicyclic amines) is 1. The van der Waals surface area contributed by atoms with Gasteiger partial charge in [0.25, 0.3) is 0 Å². The Hall–Kier alpha value is -0.910. The number of alkyl halides is 2. The van der Waals surface area contributed by atoms with E-state index in [-0.39, 0.29) is 5.75 Å². The predicted molar refractivity (Wildman–Crippen MR) is 70.8 cm³/mol. The van der Waals surface area contributed by atoms with Crippen molar-refractivity contribution in [3.63, 3.8) is 0 Å². The first kappa shape index (κ1) is 14.5. The van der Waals surface area contributed by atoms with E-state index in [1.54, 1.807) is 12.1 Å². The Kier molecular flexibility index (Phi) is 4.96. The second-order valence-corrected chi connectivity index (χ2v) is 5.20. The zero-order chi connectivity index (χ0) is 13.8. The van der Waals surface area contributed by atoms with Crippen LogP contribution >= 0.6 is 11.6 Å². The molecule has 1 aromatic rings. The number of hydrogen-bond donors (Lipinski definition) is 1. The minimum atomic E-state index is -2.82. The fraction of sp³-hybridized carbons (Fsp3) is 0.538. The summed E-state index contributed by atoms with van der Waals surface area (Å²) in [6, 6.07) is 5.06. The van der Waals surface area contributed by atoms with E-state index in [1.165, 1.54) is 6.07 Å². The van der Waals surface area contributed by atoms with Crippen molar-refractivity contribution in [2.75, 3.05) is 20.1 Å². The predicted octanol–water partition coefficient (Wildman–Crippen LogP) is 2.74. The first-order valence-electron chi connectivity index (χ1n) is 6.20. The quantitative estimate of drug-likeness (QED) is 0.902. The number of nitrogens with one attached hydrogen (secondary N) is 1. The van der Waals surface area contributed by atoms with Gasteiger partial charge < -0.3 is 15.0 Å². The van der Waals surface area contributed by atoms with Gasteiger partial charge in [0.2, 0.25) is 0 Å². The van der Waals surface area contributed by atoms with Gasteiger partial charge in [-0.15, -0.1) is 0 Å². The van der Waals surface area contributed by atoms with Crippen LogP contribution in [0.3, 0.4) is 0 Å². The summed E-state index contributed by atoms with van der Waals surface area (Å²) in [6.07, 6.45) is 1.06. The van der Waals surface area contributed by atoms with Crippen LogP contribution in [0, 0.1) is 0 Å². The lowest BCUT2D eigenvalue weighted by atomic mass is 10.1. The van der Waals surface area contributed by atoms with Crippen LogP contribution in [0.4, 0.5) is 8.78 Å². The summed E-state index contributed by atoms with van der Waals surface area (Å²) in [5, 5.41) is 3.86. The van der Waals surface area contributed by atoms with E-state index in [9.17, 15) is 8.78 Å². The van der Waals surface area contributed by atoms with E-state index in [0.717, 1.165) is 19.5 Å². The van der Waals surface area contributed by atoms with Crippen molar-refractivity contribution in [3.05, 3.63) is 28.8 Å². The molecule has 1 saturated heterocycles. The van der Waals surface area contributed by atoms with Crippen LogP contribution < -0.4 is 10.1 Å². The number of benzene rings is 1. The molecule has 1 unspecified atom stereocenters. The number of nitrogens with zero attached hydrogens (tertiary/aromatic N) is 1. The fourth-order valence-electron chi connectivity index (χ4n) is 2.25. The van der Waals surface area contributed by atoms with Crippen LogP contribution in [-0.4, -0.2) is 37.7 Å². The molecule has 1 atom stereocenters.